The van der Waals surface area contributed by atoms with Crippen LogP contribution in [0.25, 0.3) is 11.2 Å². The molecular formula is C11H16N4. The van der Waals surface area contributed by atoms with Crippen molar-refractivity contribution in [3.05, 3.63) is 18.3 Å². The Morgan fingerprint density at radius 1 is 1.27 bits per heavy atom. The third kappa shape index (κ3) is 2.14. The fourth-order valence-corrected chi connectivity index (χ4v) is 1.61. The molecule has 0 aliphatic heterocycles. The molecule has 0 aliphatic rings. The number of hydrogen-bond acceptors (Lipinski definition) is 3. The Labute approximate surface area is 89.4 Å². The first kappa shape index (κ1) is 10.1. The lowest BCUT2D eigenvalue weighted by atomic mass is 10.2. The lowest BCUT2D eigenvalue weighted by molar-refractivity contribution is 0.694. The summed E-state index contributed by atoms with van der Waals surface area (Å²) in [6.45, 7) is 2.20. The van der Waals surface area contributed by atoms with Gasteiger partial charge < -0.3 is 4.57 Å². The Kier molecular flexibility index (Phi) is 2.94. The van der Waals surface area contributed by atoms with Crippen LogP contribution >= 0.6 is 0 Å². The first-order valence-corrected chi connectivity index (χ1v) is 5.44. The van der Waals surface area contributed by atoms with Gasteiger partial charge in [0.2, 0.25) is 0 Å². The van der Waals surface area contributed by atoms with Crippen molar-refractivity contribution in [1.82, 2.24) is 19.5 Å². The highest BCUT2D eigenvalue weighted by atomic mass is 15.1. The first-order valence-electron chi connectivity index (χ1n) is 5.44. The Morgan fingerprint density at radius 3 is 2.93 bits per heavy atom. The molecule has 0 aromatic carbocycles. The number of unbranched alkanes of at least 4 members (excludes halogenated alkanes) is 2. The van der Waals surface area contributed by atoms with Gasteiger partial charge in [0.1, 0.15) is 11.3 Å². The molecule has 2 rings (SSSR count). The number of fused-ring (bicyclic) bond motifs is 1. The summed E-state index contributed by atoms with van der Waals surface area (Å²) in [5.41, 5.74) is 1.80. The van der Waals surface area contributed by atoms with E-state index in [1.54, 1.807) is 6.33 Å². The average Bonchev–Trinajstić information content (AvgIpc) is 2.61. The van der Waals surface area contributed by atoms with Gasteiger partial charge in [0, 0.05) is 13.5 Å². The minimum atomic E-state index is 0.872. The molecule has 2 aromatic heterocycles. The highest BCUT2D eigenvalue weighted by molar-refractivity contribution is 5.69. The van der Waals surface area contributed by atoms with Crippen LogP contribution in [-0.4, -0.2) is 19.5 Å². The highest BCUT2D eigenvalue weighted by Crippen LogP contribution is 2.09. The number of aryl methyl sites for hydroxylation is 2. The van der Waals surface area contributed by atoms with Crippen molar-refractivity contribution >= 4 is 11.2 Å². The number of imidazole rings is 1. The van der Waals surface area contributed by atoms with E-state index in [-0.39, 0.29) is 0 Å². The summed E-state index contributed by atoms with van der Waals surface area (Å²) in [6.07, 6.45) is 8.19. The summed E-state index contributed by atoms with van der Waals surface area (Å²) in [5, 5.41) is 0. The number of rotatable bonds is 4. The van der Waals surface area contributed by atoms with Gasteiger partial charge in [-0.2, -0.15) is 0 Å². The Balaban J connectivity index is 2.18. The van der Waals surface area contributed by atoms with Gasteiger partial charge >= 0.3 is 0 Å². The van der Waals surface area contributed by atoms with E-state index in [0.717, 1.165) is 23.4 Å². The monoisotopic (exact) mass is 204 g/mol. The molecule has 0 saturated heterocycles. The molecule has 0 spiro atoms. The van der Waals surface area contributed by atoms with Crippen molar-refractivity contribution in [3.8, 4) is 0 Å². The molecule has 0 radical (unpaired) electrons. The van der Waals surface area contributed by atoms with Crippen LogP contribution in [0.3, 0.4) is 0 Å². The molecule has 0 bridgehead atoms. The van der Waals surface area contributed by atoms with Crippen molar-refractivity contribution in [1.29, 1.82) is 0 Å². The fraction of sp³-hybridized carbons (Fsp3) is 0.545. The molecule has 0 fully saturated rings. The zero-order chi connectivity index (χ0) is 10.7. The zero-order valence-corrected chi connectivity index (χ0v) is 9.27. The molecule has 0 unspecified atom stereocenters. The summed E-state index contributed by atoms with van der Waals surface area (Å²) < 4.78 is 1.93. The topological polar surface area (TPSA) is 43.6 Å². The second kappa shape index (κ2) is 4.38. The minimum Gasteiger partial charge on any atom is -0.318 e. The van der Waals surface area contributed by atoms with E-state index in [4.69, 9.17) is 0 Å². The second-order valence-electron chi connectivity index (χ2n) is 3.81. The predicted molar refractivity (Wildman–Crippen MR) is 59.5 cm³/mol. The minimum absolute atomic E-state index is 0.872. The second-order valence-corrected chi connectivity index (χ2v) is 3.81. The Morgan fingerprint density at radius 2 is 2.13 bits per heavy atom. The van der Waals surface area contributed by atoms with Crippen LogP contribution in [0.4, 0.5) is 0 Å². The van der Waals surface area contributed by atoms with Crippen LogP contribution in [0.2, 0.25) is 0 Å². The van der Waals surface area contributed by atoms with Gasteiger partial charge in [-0.05, 0) is 6.42 Å². The van der Waals surface area contributed by atoms with Crippen LogP contribution in [0, 0.1) is 0 Å². The quantitative estimate of drug-likeness (QED) is 0.716. The lowest BCUT2D eigenvalue weighted by Crippen LogP contribution is -1.97. The van der Waals surface area contributed by atoms with Gasteiger partial charge in [-0.25, -0.2) is 15.0 Å². The van der Waals surface area contributed by atoms with Crippen LogP contribution in [0.5, 0.6) is 0 Å². The SMILES string of the molecule is CCCCCc1ncc2ncn(C)c2n1. The molecule has 0 aliphatic carbocycles. The molecule has 0 N–H and O–H groups in total. The molecule has 2 heterocycles. The third-order valence-corrected chi connectivity index (χ3v) is 2.51. The maximum absolute atomic E-state index is 4.50. The van der Waals surface area contributed by atoms with Gasteiger partial charge in [0.25, 0.3) is 0 Å². The lowest BCUT2D eigenvalue weighted by Gasteiger charge is -1.99. The van der Waals surface area contributed by atoms with Gasteiger partial charge in [-0.3, -0.25) is 0 Å². The average molecular weight is 204 g/mol. The summed E-state index contributed by atoms with van der Waals surface area (Å²) in [4.78, 5) is 13.0. The van der Waals surface area contributed by atoms with E-state index in [9.17, 15) is 0 Å². The smallest absolute Gasteiger partial charge is 0.163 e. The highest BCUT2D eigenvalue weighted by Gasteiger charge is 2.03. The maximum atomic E-state index is 4.50. The zero-order valence-electron chi connectivity index (χ0n) is 9.27. The largest absolute Gasteiger partial charge is 0.318 e. The predicted octanol–water partition coefficient (Wildman–Crippen LogP) is 2.10. The molecule has 15 heavy (non-hydrogen) atoms. The van der Waals surface area contributed by atoms with Gasteiger partial charge in [-0.1, -0.05) is 19.8 Å². The van der Waals surface area contributed by atoms with E-state index >= 15 is 0 Å². The van der Waals surface area contributed by atoms with Crippen molar-refractivity contribution in [2.24, 2.45) is 7.05 Å². The third-order valence-electron chi connectivity index (χ3n) is 2.51. The van der Waals surface area contributed by atoms with Gasteiger partial charge in [0.15, 0.2) is 5.65 Å². The normalized spacial score (nSPS) is 11.1. The summed E-state index contributed by atoms with van der Waals surface area (Å²) >= 11 is 0. The first-order chi connectivity index (χ1) is 7.31. The summed E-state index contributed by atoms with van der Waals surface area (Å²) in [7, 11) is 1.96. The number of aromatic nitrogens is 4. The van der Waals surface area contributed by atoms with E-state index in [2.05, 4.69) is 21.9 Å². The molecule has 4 nitrogen and oxygen atoms in total. The van der Waals surface area contributed by atoms with E-state index < -0.39 is 0 Å². The molecular weight excluding hydrogens is 188 g/mol. The van der Waals surface area contributed by atoms with Crippen LogP contribution in [0.1, 0.15) is 32.0 Å². The van der Waals surface area contributed by atoms with Crippen LogP contribution in [0.15, 0.2) is 12.5 Å². The van der Waals surface area contributed by atoms with Crippen molar-refractivity contribution in [2.75, 3.05) is 0 Å². The molecule has 80 valence electrons. The van der Waals surface area contributed by atoms with Crippen molar-refractivity contribution in [2.45, 2.75) is 32.6 Å². The standard InChI is InChI=1S/C11H16N4/c1-3-4-5-6-10-12-7-9-11(14-10)15(2)8-13-9/h7-8H,3-6H2,1-2H3. The Bertz CT molecular complexity index is 447. The fourth-order valence-electron chi connectivity index (χ4n) is 1.61. The van der Waals surface area contributed by atoms with E-state index in [1.165, 1.54) is 19.3 Å². The molecule has 0 saturated carbocycles. The van der Waals surface area contributed by atoms with E-state index in [1.807, 2.05) is 17.8 Å². The van der Waals surface area contributed by atoms with E-state index in [0.29, 0.717) is 0 Å². The van der Waals surface area contributed by atoms with Gasteiger partial charge in [0.05, 0.1) is 12.5 Å². The molecule has 0 atom stereocenters. The number of nitrogens with zero attached hydrogens (tertiary/aromatic N) is 4. The molecule has 2 aromatic rings. The molecule has 0 amide bonds. The van der Waals surface area contributed by atoms with Crippen molar-refractivity contribution in [3.63, 3.8) is 0 Å². The maximum Gasteiger partial charge on any atom is 0.163 e. The molecule has 4 heteroatoms. The van der Waals surface area contributed by atoms with Crippen LogP contribution in [-0.2, 0) is 13.5 Å². The Hall–Kier alpha value is -1.45. The summed E-state index contributed by atoms with van der Waals surface area (Å²) in [6, 6.07) is 0. The van der Waals surface area contributed by atoms with Gasteiger partial charge in [-0.15, -0.1) is 0 Å². The van der Waals surface area contributed by atoms with Crippen molar-refractivity contribution < 1.29 is 0 Å². The van der Waals surface area contributed by atoms with Crippen LogP contribution < -0.4 is 0 Å². The summed E-state index contributed by atoms with van der Waals surface area (Å²) in [5.74, 6) is 0.930. The number of hydrogen-bond donors (Lipinski definition) is 0.